The number of fused-ring (bicyclic) bond motifs is 1. The summed E-state index contributed by atoms with van der Waals surface area (Å²) in [4.78, 5) is 34.5. The zero-order chi connectivity index (χ0) is 25.0. The van der Waals surface area contributed by atoms with Gasteiger partial charge in [0.1, 0.15) is 10.1 Å². The van der Waals surface area contributed by atoms with E-state index in [-0.39, 0.29) is 23.3 Å². The number of amides is 2. The van der Waals surface area contributed by atoms with Crippen LogP contribution in [0.5, 0.6) is 0 Å². The monoisotopic (exact) mass is 524 g/mol. The predicted molar refractivity (Wildman–Crippen MR) is 149 cm³/mol. The number of carbonyl (C=O) groups excluding carboxylic acids is 2. The van der Waals surface area contributed by atoms with Gasteiger partial charge < -0.3 is 10.6 Å². The van der Waals surface area contributed by atoms with Crippen molar-refractivity contribution in [3.8, 4) is 0 Å². The van der Waals surface area contributed by atoms with E-state index in [0.29, 0.717) is 23.1 Å². The maximum Gasteiger partial charge on any atom is 0.230 e. The lowest BCUT2D eigenvalue weighted by Gasteiger charge is -2.13. The van der Waals surface area contributed by atoms with Crippen LogP contribution in [-0.4, -0.2) is 46.4 Å². The van der Waals surface area contributed by atoms with E-state index in [4.69, 9.17) is 9.97 Å². The van der Waals surface area contributed by atoms with Crippen LogP contribution in [0.25, 0.3) is 11.0 Å². The minimum absolute atomic E-state index is 0.00271. The minimum atomic E-state index is -0.00271. The first-order chi connectivity index (χ1) is 17.7. The van der Waals surface area contributed by atoms with Gasteiger partial charge in [-0.1, -0.05) is 59.0 Å². The van der Waals surface area contributed by atoms with Gasteiger partial charge in [-0.15, -0.1) is 0 Å². The summed E-state index contributed by atoms with van der Waals surface area (Å²) >= 11 is 2.77. The lowest BCUT2D eigenvalue weighted by Crippen LogP contribution is -2.27. The molecule has 2 aromatic rings. The molecule has 192 valence electrons. The summed E-state index contributed by atoms with van der Waals surface area (Å²) in [6, 6.07) is 7.71. The van der Waals surface area contributed by atoms with Crippen molar-refractivity contribution in [2.45, 2.75) is 74.3 Å². The third-order valence-electron chi connectivity index (χ3n) is 6.50. The van der Waals surface area contributed by atoms with Gasteiger partial charge in [0.15, 0.2) is 0 Å². The first kappa shape index (κ1) is 26.7. The van der Waals surface area contributed by atoms with E-state index in [1.807, 2.05) is 24.3 Å². The van der Waals surface area contributed by atoms with E-state index in [1.54, 1.807) is 0 Å². The summed E-state index contributed by atoms with van der Waals surface area (Å²) < 4.78 is 0. The Bertz CT molecular complexity index is 1030. The molecule has 6 nitrogen and oxygen atoms in total. The highest BCUT2D eigenvalue weighted by Crippen LogP contribution is 2.30. The van der Waals surface area contributed by atoms with Crippen molar-refractivity contribution in [3.63, 3.8) is 0 Å². The Balaban J connectivity index is 1.28. The fourth-order valence-electron chi connectivity index (χ4n) is 4.51. The highest BCUT2D eigenvalue weighted by molar-refractivity contribution is 8.02. The van der Waals surface area contributed by atoms with Crippen LogP contribution in [0, 0.1) is 0 Å². The SMILES string of the molecule is O=C(CSc1nc2ccccc2nc1SCC(=O)NCCC1=CCCCC1)NCCC1=CCCCC1. The van der Waals surface area contributed by atoms with Gasteiger partial charge in [-0.3, -0.25) is 9.59 Å². The lowest BCUT2D eigenvalue weighted by molar-refractivity contribution is -0.119. The molecule has 0 bridgehead atoms. The van der Waals surface area contributed by atoms with Crippen LogP contribution in [0.1, 0.15) is 64.2 Å². The number of hydrogen-bond donors (Lipinski definition) is 2. The molecule has 2 aliphatic carbocycles. The van der Waals surface area contributed by atoms with E-state index in [1.165, 1.54) is 60.4 Å². The first-order valence-corrected chi connectivity index (χ1v) is 15.1. The van der Waals surface area contributed by atoms with Gasteiger partial charge in [0.25, 0.3) is 0 Å². The van der Waals surface area contributed by atoms with Crippen LogP contribution in [0.3, 0.4) is 0 Å². The number of thioether (sulfide) groups is 2. The number of nitrogens with zero attached hydrogens (tertiary/aromatic N) is 2. The Morgan fingerprint density at radius 1 is 0.722 bits per heavy atom. The molecule has 0 spiro atoms. The van der Waals surface area contributed by atoms with Gasteiger partial charge in [-0.05, 0) is 76.3 Å². The number of allylic oxidation sites excluding steroid dienone is 2. The molecule has 2 N–H and O–H groups in total. The molecule has 8 heteroatoms. The van der Waals surface area contributed by atoms with Crippen LogP contribution in [0.4, 0.5) is 0 Å². The lowest BCUT2D eigenvalue weighted by atomic mass is 9.97. The third-order valence-corrected chi connectivity index (χ3v) is 8.55. The normalized spacial score (nSPS) is 15.8. The van der Waals surface area contributed by atoms with Crippen molar-refractivity contribution in [2.24, 2.45) is 0 Å². The molecule has 0 fully saturated rings. The van der Waals surface area contributed by atoms with E-state index >= 15 is 0 Å². The molecular weight excluding hydrogens is 488 g/mol. The van der Waals surface area contributed by atoms with Crippen LogP contribution < -0.4 is 10.6 Å². The second-order valence-corrected chi connectivity index (χ2v) is 11.2. The van der Waals surface area contributed by atoms with Crippen LogP contribution in [-0.2, 0) is 9.59 Å². The largest absolute Gasteiger partial charge is 0.355 e. The summed E-state index contributed by atoms with van der Waals surface area (Å²) in [5.74, 6) is 0.552. The molecule has 36 heavy (non-hydrogen) atoms. The molecule has 0 aliphatic heterocycles. The molecule has 1 aromatic carbocycles. The second-order valence-electron chi connectivity index (χ2n) is 9.32. The van der Waals surface area contributed by atoms with Gasteiger partial charge in [-0.2, -0.15) is 0 Å². The summed E-state index contributed by atoms with van der Waals surface area (Å²) in [6.45, 7) is 1.35. The van der Waals surface area contributed by atoms with Crippen molar-refractivity contribution >= 4 is 46.4 Å². The molecule has 0 atom stereocenters. The number of aromatic nitrogens is 2. The van der Waals surface area contributed by atoms with Gasteiger partial charge >= 0.3 is 0 Å². The molecule has 1 aromatic heterocycles. The Morgan fingerprint density at radius 3 is 1.61 bits per heavy atom. The Morgan fingerprint density at radius 2 is 1.19 bits per heavy atom. The van der Waals surface area contributed by atoms with Gasteiger partial charge in [0.05, 0.1) is 22.5 Å². The Labute approximate surface area is 222 Å². The summed E-state index contributed by atoms with van der Waals surface area (Å²) in [5.41, 5.74) is 4.50. The molecule has 4 rings (SSSR count). The molecular formula is C28H36N4O2S2. The summed E-state index contributed by atoms with van der Waals surface area (Å²) in [5, 5.41) is 7.46. The zero-order valence-electron chi connectivity index (χ0n) is 20.9. The number of rotatable bonds is 12. The smallest absolute Gasteiger partial charge is 0.230 e. The van der Waals surface area contributed by atoms with E-state index in [9.17, 15) is 9.59 Å². The number of nitrogens with one attached hydrogen (secondary N) is 2. The molecule has 2 aliphatic rings. The van der Waals surface area contributed by atoms with Crippen LogP contribution >= 0.6 is 23.5 Å². The van der Waals surface area contributed by atoms with Crippen molar-refractivity contribution in [3.05, 3.63) is 47.6 Å². The number of hydrogen-bond acceptors (Lipinski definition) is 6. The second kappa shape index (κ2) is 14.4. The number of para-hydroxylation sites is 2. The average Bonchev–Trinajstić information content (AvgIpc) is 2.91. The van der Waals surface area contributed by atoms with Crippen molar-refractivity contribution in [2.75, 3.05) is 24.6 Å². The van der Waals surface area contributed by atoms with E-state index in [2.05, 4.69) is 22.8 Å². The average molecular weight is 525 g/mol. The maximum absolute atomic E-state index is 12.5. The van der Waals surface area contributed by atoms with Crippen LogP contribution in [0.15, 0.2) is 57.6 Å². The molecule has 0 unspecified atom stereocenters. The Hall–Kier alpha value is -2.32. The number of benzene rings is 1. The molecule has 0 saturated carbocycles. The Kier molecular flexibility index (Phi) is 10.7. The van der Waals surface area contributed by atoms with Crippen molar-refractivity contribution in [1.29, 1.82) is 0 Å². The topological polar surface area (TPSA) is 84.0 Å². The quantitative estimate of drug-likeness (QED) is 0.269. The first-order valence-electron chi connectivity index (χ1n) is 13.1. The predicted octanol–water partition coefficient (Wildman–Crippen LogP) is 5.83. The molecule has 2 amide bonds. The fourth-order valence-corrected chi connectivity index (χ4v) is 6.27. The summed E-state index contributed by atoms with van der Waals surface area (Å²) in [6.07, 6.45) is 16.2. The van der Waals surface area contributed by atoms with Crippen molar-refractivity contribution < 1.29 is 9.59 Å². The third kappa shape index (κ3) is 8.66. The minimum Gasteiger partial charge on any atom is -0.355 e. The molecule has 1 heterocycles. The zero-order valence-corrected chi connectivity index (χ0v) is 22.5. The van der Waals surface area contributed by atoms with E-state index in [0.717, 1.165) is 49.6 Å². The van der Waals surface area contributed by atoms with Gasteiger partial charge in [0.2, 0.25) is 11.8 Å². The van der Waals surface area contributed by atoms with Crippen LogP contribution in [0.2, 0.25) is 0 Å². The number of carbonyl (C=O) groups is 2. The highest BCUT2D eigenvalue weighted by atomic mass is 32.2. The molecule has 0 radical (unpaired) electrons. The maximum atomic E-state index is 12.5. The fraction of sp³-hybridized carbons (Fsp3) is 0.500. The van der Waals surface area contributed by atoms with Gasteiger partial charge in [-0.25, -0.2) is 9.97 Å². The molecule has 0 saturated heterocycles. The standard InChI is InChI=1S/C28H36N4O2S2/c33-25(29-17-15-21-9-3-1-4-10-21)19-35-27-28(32-24-14-8-7-13-23(24)31-27)36-20-26(34)30-18-16-22-11-5-2-6-12-22/h7-9,11,13-14H,1-6,10,12,15-20H2,(H,29,33)(H,30,34). The van der Waals surface area contributed by atoms with Gasteiger partial charge in [0, 0.05) is 13.1 Å². The van der Waals surface area contributed by atoms with E-state index < -0.39 is 0 Å². The summed E-state index contributed by atoms with van der Waals surface area (Å²) in [7, 11) is 0. The van der Waals surface area contributed by atoms with Crippen molar-refractivity contribution in [1.82, 2.24) is 20.6 Å². The highest BCUT2D eigenvalue weighted by Gasteiger charge is 2.15.